The van der Waals surface area contributed by atoms with Gasteiger partial charge in [0.05, 0.1) is 5.70 Å². The summed E-state index contributed by atoms with van der Waals surface area (Å²) >= 11 is 0. The summed E-state index contributed by atoms with van der Waals surface area (Å²) in [6.07, 6.45) is 0. The summed E-state index contributed by atoms with van der Waals surface area (Å²) in [7, 11) is 0. The minimum atomic E-state index is 0.771. The third kappa shape index (κ3) is 4.41. The van der Waals surface area contributed by atoms with Crippen LogP contribution in [0.25, 0.3) is 28.0 Å². The Kier molecular flexibility index (Phi) is 5.49. The van der Waals surface area contributed by atoms with Gasteiger partial charge in [-0.05, 0) is 46.9 Å². The molecule has 0 unspecified atom stereocenters. The van der Waals surface area contributed by atoms with Crippen LogP contribution in [0, 0.1) is 0 Å². The molecule has 0 spiro atoms. The van der Waals surface area contributed by atoms with Crippen LogP contribution in [0.1, 0.15) is 18.1 Å². The van der Waals surface area contributed by atoms with Crippen LogP contribution in [0.3, 0.4) is 0 Å². The number of hydrogen-bond acceptors (Lipinski definition) is 1. The molecule has 0 aliphatic carbocycles. The average molecular weight is 373 g/mol. The molecule has 4 rings (SSSR count). The van der Waals surface area contributed by atoms with Gasteiger partial charge in [0.1, 0.15) is 0 Å². The van der Waals surface area contributed by atoms with Gasteiger partial charge in [0.2, 0.25) is 0 Å². The van der Waals surface area contributed by atoms with E-state index in [-0.39, 0.29) is 0 Å². The summed E-state index contributed by atoms with van der Waals surface area (Å²) in [6, 6.07) is 37.7. The fraction of sp³-hybridized carbons (Fsp3) is 0.0357. The van der Waals surface area contributed by atoms with E-state index in [4.69, 9.17) is 4.99 Å². The van der Waals surface area contributed by atoms with Crippen LogP contribution in [0.2, 0.25) is 0 Å². The monoisotopic (exact) mass is 373 g/mol. The lowest BCUT2D eigenvalue weighted by Gasteiger charge is -2.09. The zero-order valence-electron chi connectivity index (χ0n) is 16.5. The SMILES string of the molecule is C=C(N=C(C)c1ccccc1)c1cccc(-c2cccc(-c3ccccc3)c2)c1. The molecule has 0 bridgehead atoms. The molecule has 0 radical (unpaired) electrons. The van der Waals surface area contributed by atoms with Crippen molar-refractivity contribution in [2.75, 3.05) is 0 Å². The Hall–Kier alpha value is -3.71. The Morgan fingerprint density at radius 3 is 1.72 bits per heavy atom. The molecule has 140 valence electrons. The molecule has 1 nitrogen and oxygen atoms in total. The van der Waals surface area contributed by atoms with Crippen molar-refractivity contribution in [1.29, 1.82) is 0 Å². The highest BCUT2D eigenvalue weighted by atomic mass is 14.7. The summed E-state index contributed by atoms with van der Waals surface area (Å²) in [5.74, 6) is 0. The largest absolute Gasteiger partial charge is 0.253 e. The molecule has 0 N–H and O–H groups in total. The van der Waals surface area contributed by atoms with Crippen molar-refractivity contribution in [3.8, 4) is 22.3 Å². The van der Waals surface area contributed by atoms with Gasteiger partial charge in [-0.15, -0.1) is 0 Å². The molecule has 29 heavy (non-hydrogen) atoms. The molecule has 4 aromatic carbocycles. The predicted octanol–water partition coefficient (Wildman–Crippen LogP) is 7.50. The van der Waals surface area contributed by atoms with Crippen molar-refractivity contribution < 1.29 is 0 Å². The molecular weight excluding hydrogens is 350 g/mol. The van der Waals surface area contributed by atoms with Gasteiger partial charge in [-0.3, -0.25) is 4.99 Å². The van der Waals surface area contributed by atoms with Crippen LogP contribution < -0.4 is 0 Å². The second-order valence-electron chi connectivity index (χ2n) is 7.04. The third-order valence-corrected chi connectivity index (χ3v) is 4.99. The van der Waals surface area contributed by atoms with Crippen molar-refractivity contribution in [3.05, 3.63) is 127 Å². The maximum Gasteiger partial charge on any atom is 0.0633 e. The summed E-state index contributed by atoms with van der Waals surface area (Å²) < 4.78 is 0. The van der Waals surface area contributed by atoms with Gasteiger partial charge in [-0.25, -0.2) is 0 Å². The van der Waals surface area contributed by atoms with E-state index in [2.05, 4.69) is 91.5 Å². The molecular formula is C28H23N. The summed E-state index contributed by atoms with van der Waals surface area (Å²) in [4.78, 5) is 4.74. The van der Waals surface area contributed by atoms with Crippen molar-refractivity contribution in [1.82, 2.24) is 0 Å². The lowest BCUT2D eigenvalue weighted by molar-refractivity contribution is 1.47. The van der Waals surface area contributed by atoms with Gasteiger partial charge in [0.15, 0.2) is 0 Å². The number of nitrogens with zero attached hydrogens (tertiary/aromatic N) is 1. The van der Waals surface area contributed by atoms with Crippen LogP contribution >= 0.6 is 0 Å². The Balaban J connectivity index is 1.64. The zero-order valence-corrected chi connectivity index (χ0v) is 16.5. The Bertz CT molecular complexity index is 1160. The van der Waals surface area contributed by atoms with Gasteiger partial charge < -0.3 is 0 Å². The highest BCUT2D eigenvalue weighted by Crippen LogP contribution is 2.28. The first-order valence-corrected chi connectivity index (χ1v) is 9.76. The van der Waals surface area contributed by atoms with Gasteiger partial charge in [-0.2, -0.15) is 0 Å². The van der Waals surface area contributed by atoms with E-state index in [9.17, 15) is 0 Å². The predicted molar refractivity (Wildman–Crippen MR) is 125 cm³/mol. The quantitative estimate of drug-likeness (QED) is 0.321. The summed E-state index contributed by atoms with van der Waals surface area (Å²) in [6.45, 7) is 6.22. The van der Waals surface area contributed by atoms with Gasteiger partial charge in [0.25, 0.3) is 0 Å². The first-order chi connectivity index (χ1) is 14.2. The van der Waals surface area contributed by atoms with Crippen molar-refractivity contribution >= 4 is 11.4 Å². The average Bonchev–Trinajstić information content (AvgIpc) is 2.80. The lowest BCUT2D eigenvalue weighted by Crippen LogP contribution is -1.94. The van der Waals surface area contributed by atoms with Gasteiger partial charge in [0, 0.05) is 11.3 Å². The van der Waals surface area contributed by atoms with Crippen molar-refractivity contribution in [2.24, 2.45) is 4.99 Å². The smallest absolute Gasteiger partial charge is 0.0633 e. The lowest BCUT2D eigenvalue weighted by atomic mass is 9.97. The van der Waals surface area contributed by atoms with Crippen molar-refractivity contribution in [2.45, 2.75) is 6.92 Å². The third-order valence-electron chi connectivity index (χ3n) is 4.99. The minimum Gasteiger partial charge on any atom is -0.253 e. The number of rotatable bonds is 5. The molecule has 0 aromatic heterocycles. The second kappa shape index (κ2) is 8.53. The molecule has 4 aromatic rings. The van der Waals surface area contributed by atoms with E-state index >= 15 is 0 Å². The van der Waals surface area contributed by atoms with E-state index in [1.807, 2.05) is 31.2 Å². The fourth-order valence-electron chi connectivity index (χ4n) is 3.40. The van der Waals surface area contributed by atoms with Crippen molar-refractivity contribution in [3.63, 3.8) is 0 Å². The summed E-state index contributed by atoms with van der Waals surface area (Å²) in [5, 5.41) is 0. The maximum atomic E-state index is 4.74. The fourth-order valence-corrected chi connectivity index (χ4v) is 3.40. The highest BCUT2D eigenvalue weighted by molar-refractivity contribution is 6.01. The maximum absolute atomic E-state index is 4.74. The van der Waals surface area contributed by atoms with Gasteiger partial charge >= 0.3 is 0 Å². The second-order valence-corrected chi connectivity index (χ2v) is 7.04. The summed E-state index contributed by atoms with van der Waals surface area (Å²) in [5.41, 5.74) is 8.66. The molecule has 0 aliphatic rings. The Morgan fingerprint density at radius 2 is 1.03 bits per heavy atom. The minimum absolute atomic E-state index is 0.771. The van der Waals surface area contributed by atoms with Crippen LogP contribution in [0.5, 0.6) is 0 Å². The topological polar surface area (TPSA) is 12.4 Å². The van der Waals surface area contributed by atoms with Crippen LogP contribution in [-0.2, 0) is 0 Å². The normalized spacial score (nSPS) is 11.3. The highest BCUT2D eigenvalue weighted by Gasteiger charge is 2.05. The molecule has 0 amide bonds. The standard InChI is InChI=1S/C28H23N/c1-21(23-11-5-3-6-12-23)29-22(2)25-15-9-17-27(19-25)28-18-10-16-26(20-28)24-13-7-4-8-14-24/h3-20H,2H2,1H3. The van der Waals surface area contributed by atoms with E-state index in [0.29, 0.717) is 0 Å². The number of hydrogen-bond donors (Lipinski definition) is 0. The molecule has 0 aliphatic heterocycles. The number of aliphatic imine (C=N–C) groups is 1. The Labute approximate surface area is 172 Å². The number of benzene rings is 4. The van der Waals surface area contributed by atoms with E-state index in [1.165, 1.54) is 16.7 Å². The van der Waals surface area contributed by atoms with E-state index in [0.717, 1.165) is 28.1 Å². The first kappa shape index (κ1) is 18.6. The molecule has 0 atom stereocenters. The first-order valence-electron chi connectivity index (χ1n) is 9.76. The van der Waals surface area contributed by atoms with Crippen LogP contribution in [-0.4, -0.2) is 5.71 Å². The molecule has 0 saturated heterocycles. The van der Waals surface area contributed by atoms with E-state index < -0.39 is 0 Å². The van der Waals surface area contributed by atoms with Gasteiger partial charge in [-0.1, -0.05) is 104 Å². The zero-order chi connectivity index (χ0) is 20.1. The van der Waals surface area contributed by atoms with Crippen LogP contribution in [0.15, 0.2) is 121 Å². The molecule has 0 fully saturated rings. The molecule has 0 heterocycles. The Morgan fingerprint density at radius 1 is 0.552 bits per heavy atom. The molecule has 1 heteroatoms. The van der Waals surface area contributed by atoms with Crippen LogP contribution in [0.4, 0.5) is 0 Å². The molecule has 0 saturated carbocycles. The van der Waals surface area contributed by atoms with E-state index in [1.54, 1.807) is 0 Å².